The van der Waals surface area contributed by atoms with Crippen molar-refractivity contribution in [2.75, 3.05) is 13.2 Å². The van der Waals surface area contributed by atoms with E-state index in [0.29, 0.717) is 6.10 Å². The van der Waals surface area contributed by atoms with Crippen molar-refractivity contribution in [3.05, 3.63) is 29.3 Å². The van der Waals surface area contributed by atoms with Gasteiger partial charge in [-0.3, -0.25) is 0 Å². The molecule has 0 bridgehead atoms. The van der Waals surface area contributed by atoms with Gasteiger partial charge in [0, 0.05) is 12.0 Å². The van der Waals surface area contributed by atoms with Gasteiger partial charge in [-0.1, -0.05) is 18.2 Å². The molecule has 2 aliphatic heterocycles. The highest BCUT2D eigenvalue weighted by Crippen LogP contribution is 2.40. The van der Waals surface area contributed by atoms with Gasteiger partial charge >= 0.3 is 0 Å². The lowest BCUT2D eigenvalue weighted by molar-refractivity contribution is 0.345. The second-order valence-electron chi connectivity index (χ2n) is 3.26. The first-order valence-corrected chi connectivity index (χ1v) is 4.31. The molecule has 2 heteroatoms. The molecule has 2 aliphatic rings. The largest absolute Gasteiger partial charge is 0.493 e. The van der Waals surface area contributed by atoms with Gasteiger partial charge in [-0.2, -0.15) is 0 Å². The molecule has 0 amide bonds. The summed E-state index contributed by atoms with van der Waals surface area (Å²) in [5.41, 5.74) is 2.58. The molecule has 0 aliphatic carbocycles. The Morgan fingerprint density at radius 1 is 1.33 bits per heavy atom. The lowest BCUT2D eigenvalue weighted by Gasteiger charge is -2.03. The molecular formula is C10H10O2. The average molecular weight is 162 g/mol. The van der Waals surface area contributed by atoms with Gasteiger partial charge in [-0.15, -0.1) is 0 Å². The zero-order valence-electron chi connectivity index (χ0n) is 6.75. The third-order valence-corrected chi connectivity index (χ3v) is 2.43. The zero-order chi connectivity index (χ0) is 7.97. The van der Waals surface area contributed by atoms with Crippen LogP contribution in [0.25, 0.3) is 0 Å². The molecule has 1 atom stereocenters. The van der Waals surface area contributed by atoms with E-state index in [1.54, 1.807) is 0 Å². The summed E-state index contributed by atoms with van der Waals surface area (Å²) in [5, 5.41) is 0. The standard InChI is InChI=1S/C10H10O2/c1-2-7-4-5-11-10(7)8(3-1)9-6-12-9/h1-3,9H,4-6H2/t9-/m0/s1. The maximum absolute atomic E-state index is 5.55. The fourth-order valence-corrected chi connectivity index (χ4v) is 1.72. The smallest absolute Gasteiger partial charge is 0.128 e. The number of epoxide rings is 1. The van der Waals surface area contributed by atoms with E-state index >= 15 is 0 Å². The Balaban J connectivity index is 2.12. The molecule has 12 heavy (non-hydrogen) atoms. The summed E-state index contributed by atoms with van der Waals surface area (Å²) in [6, 6.07) is 6.32. The number of para-hydroxylation sites is 1. The molecule has 1 aromatic rings. The minimum absolute atomic E-state index is 0.318. The van der Waals surface area contributed by atoms with E-state index in [4.69, 9.17) is 9.47 Å². The molecule has 0 spiro atoms. The van der Waals surface area contributed by atoms with Crippen molar-refractivity contribution in [3.8, 4) is 5.75 Å². The first-order valence-electron chi connectivity index (χ1n) is 4.31. The highest BCUT2D eigenvalue weighted by molar-refractivity contribution is 5.46. The summed E-state index contributed by atoms with van der Waals surface area (Å²) < 4.78 is 10.8. The molecular weight excluding hydrogens is 152 g/mol. The van der Waals surface area contributed by atoms with Crippen LogP contribution in [0.4, 0.5) is 0 Å². The number of ether oxygens (including phenoxy) is 2. The third-order valence-electron chi connectivity index (χ3n) is 2.43. The molecule has 2 nitrogen and oxygen atoms in total. The van der Waals surface area contributed by atoms with Crippen molar-refractivity contribution >= 4 is 0 Å². The SMILES string of the molecule is c1cc2c(c([C@@H]3CO3)c1)OCC2. The van der Waals surface area contributed by atoms with E-state index in [1.807, 2.05) is 0 Å². The lowest BCUT2D eigenvalue weighted by Crippen LogP contribution is -1.90. The molecule has 0 saturated carbocycles. The predicted molar refractivity (Wildman–Crippen MR) is 44.3 cm³/mol. The maximum atomic E-state index is 5.55. The van der Waals surface area contributed by atoms with Crippen molar-refractivity contribution in [1.29, 1.82) is 0 Å². The number of benzene rings is 1. The molecule has 0 unspecified atom stereocenters. The number of rotatable bonds is 1. The predicted octanol–water partition coefficient (Wildman–Crippen LogP) is 1.69. The fraction of sp³-hybridized carbons (Fsp3) is 0.400. The Morgan fingerprint density at radius 3 is 3.08 bits per heavy atom. The van der Waals surface area contributed by atoms with Crippen molar-refractivity contribution in [2.24, 2.45) is 0 Å². The van der Waals surface area contributed by atoms with E-state index < -0.39 is 0 Å². The Bertz CT molecular complexity index is 316. The van der Waals surface area contributed by atoms with Crippen LogP contribution < -0.4 is 4.74 Å². The van der Waals surface area contributed by atoms with Crippen LogP contribution in [0, 0.1) is 0 Å². The molecule has 62 valence electrons. The van der Waals surface area contributed by atoms with E-state index in [-0.39, 0.29) is 0 Å². The number of hydrogen-bond donors (Lipinski definition) is 0. The van der Waals surface area contributed by atoms with Crippen LogP contribution in [0.3, 0.4) is 0 Å². The Hall–Kier alpha value is -1.02. The third kappa shape index (κ3) is 0.847. The highest BCUT2D eigenvalue weighted by atomic mass is 16.6. The average Bonchev–Trinajstić information content (AvgIpc) is 2.82. The molecule has 0 aromatic heterocycles. The van der Waals surface area contributed by atoms with Crippen LogP contribution in [0.1, 0.15) is 17.2 Å². The summed E-state index contributed by atoms with van der Waals surface area (Å²) in [4.78, 5) is 0. The van der Waals surface area contributed by atoms with Crippen LogP contribution >= 0.6 is 0 Å². The van der Waals surface area contributed by atoms with E-state index in [1.165, 1.54) is 11.1 Å². The summed E-state index contributed by atoms with van der Waals surface area (Å²) in [6.45, 7) is 1.69. The number of hydrogen-bond acceptors (Lipinski definition) is 2. The van der Waals surface area contributed by atoms with Crippen LogP contribution in [-0.4, -0.2) is 13.2 Å². The topological polar surface area (TPSA) is 21.8 Å². The normalized spacial score (nSPS) is 24.8. The molecule has 0 radical (unpaired) electrons. The van der Waals surface area contributed by atoms with Crippen LogP contribution in [0.15, 0.2) is 18.2 Å². The second kappa shape index (κ2) is 2.23. The van der Waals surface area contributed by atoms with Gasteiger partial charge in [0.25, 0.3) is 0 Å². The van der Waals surface area contributed by atoms with Gasteiger partial charge in [0.15, 0.2) is 0 Å². The van der Waals surface area contributed by atoms with Gasteiger partial charge in [0.1, 0.15) is 11.9 Å². The van der Waals surface area contributed by atoms with Gasteiger partial charge in [-0.25, -0.2) is 0 Å². The van der Waals surface area contributed by atoms with E-state index in [0.717, 1.165) is 25.4 Å². The van der Waals surface area contributed by atoms with E-state index in [9.17, 15) is 0 Å². The van der Waals surface area contributed by atoms with Crippen molar-refractivity contribution in [1.82, 2.24) is 0 Å². The minimum atomic E-state index is 0.318. The van der Waals surface area contributed by atoms with Gasteiger partial charge in [0.2, 0.25) is 0 Å². The quantitative estimate of drug-likeness (QED) is 0.586. The minimum Gasteiger partial charge on any atom is -0.493 e. The molecule has 2 heterocycles. The molecule has 3 rings (SSSR count). The Kier molecular flexibility index (Phi) is 1.21. The van der Waals surface area contributed by atoms with Crippen molar-refractivity contribution < 1.29 is 9.47 Å². The Morgan fingerprint density at radius 2 is 2.25 bits per heavy atom. The first kappa shape index (κ1) is 6.49. The fourth-order valence-electron chi connectivity index (χ4n) is 1.72. The van der Waals surface area contributed by atoms with E-state index in [2.05, 4.69) is 18.2 Å². The summed E-state index contributed by atoms with van der Waals surface area (Å²) >= 11 is 0. The molecule has 1 aromatic carbocycles. The number of fused-ring (bicyclic) bond motifs is 1. The van der Waals surface area contributed by atoms with Crippen LogP contribution in [0.2, 0.25) is 0 Å². The monoisotopic (exact) mass is 162 g/mol. The summed E-state index contributed by atoms with van der Waals surface area (Å²) in [7, 11) is 0. The van der Waals surface area contributed by atoms with Crippen molar-refractivity contribution in [2.45, 2.75) is 12.5 Å². The molecule has 0 N–H and O–H groups in total. The summed E-state index contributed by atoms with van der Waals surface area (Å²) in [6.07, 6.45) is 1.37. The van der Waals surface area contributed by atoms with Crippen molar-refractivity contribution in [3.63, 3.8) is 0 Å². The zero-order valence-corrected chi connectivity index (χ0v) is 6.75. The Labute approximate surface area is 71.1 Å². The van der Waals surface area contributed by atoms with Gasteiger partial charge < -0.3 is 9.47 Å². The lowest BCUT2D eigenvalue weighted by atomic mass is 10.1. The summed E-state index contributed by atoms with van der Waals surface area (Å²) in [5.74, 6) is 1.08. The highest BCUT2D eigenvalue weighted by Gasteiger charge is 2.30. The van der Waals surface area contributed by atoms with Crippen LogP contribution in [-0.2, 0) is 11.2 Å². The van der Waals surface area contributed by atoms with Gasteiger partial charge in [0.05, 0.1) is 13.2 Å². The second-order valence-corrected chi connectivity index (χ2v) is 3.26. The first-order chi connectivity index (χ1) is 5.95. The molecule has 1 saturated heterocycles. The van der Waals surface area contributed by atoms with Crippen LogP contribution in [0.5, 0.6) is 5.75 Å². The maximum Gasteiger partial charge on any atom is 0.128 e. The molecule has 1 fully saturated rings. The van der Waals surface area contributed by atoms with Gasteiger partial charge in [-0.05, 0) is 5.56 Å².